The normalized spacial score (nSPS) is 18.8. The maximum absolute atomic E-state index is 11.6. The molecule has 0 radical (unpaired) electrons. The van der Waals surface area contributed by atoms with E-state index in [-0.39, 0.29) is 18.2 Å². The van der Waals surface area contributed by atoms with Crippen LogP contribution >= 0.6 is 0 Å². The van der Waals surface area contributed by atoms with Crippen molar-refractivity contribution < 1.29 is 14.3 Å². The molecule has 1 saturated carbocycles. The second-order valence-corrected chi connectivity index (χ2v) is 5.08. The van der Waals surface area contributed by atoms with Crippen molar-refractivity contribution in [2.75, 3.05) is 7.11 Å². The predicted molar refractivity (Wildman–Crippen MR) is 67.8 cm³/mol. The van der Waals surface area contributed by atoms with Gasteiger partial charge in [0.1, 0.15) is 0 Å². The van der Waals surface area contributed by atoms with Gasteiger partial charge in [0, 0.05) is 0 Å². The lowest BCUT2D eigenvalue weighted by Crippen LogP contribution is -2.31. The van der Waals surface area contributed by atoms with Gasteiger partial charge in [0.15, 0.2) is 6.10 Å². The molecule has 0 aromatic rings. The zero-order valence-corrected chi connectivity index (χ0v) is 11.4. The average Bonchev–Trinajstić information content (AvgIpc) is 3.15. The summed E-state index contributed by atoms with van der Waals surface area (Å²) >= 11 is 0. The summed E-state index contributed by atoms with van der Waals surface area (Å²) in [4.78, 5) is 11.6. The van der Waals surface area contributed by atoms with Crippen molar-refractivity contribution in [2.45, 2.75) is 71.0 Å². The Morgan fingerprint density at radius 2 is 2.00 bits per heavy atom. The number of rotatable bonds is 9. The van der Waals surface area contributed by atoms with Gasteiger partial charge in [0.25, 0.3) is 0 Å². The molecule has 0 aromatic heterocycles. The molecule has 0 amide bonds. The van der Waals surface area contributed by atoms with Crippen molar-refractivity contribution in [3.05, 3.63) is 0 Å². The van der Waals surface area contributed by atoms with E-state index in [0.29, 0.717) is 5.92 Å². The minimum atomic E-state index is -0.318. The zero-order chi connectivity index (χ0) is 12.7. The van der Waals surface area contributed by atoms with Crippen LogP contribution < -0.4 is 0 Å². The Morgan fingerprint density at radius 1 is 1.29 bits per heavy atom. The van der Waals surface area contributed by atoms with Gasteiger partial charge in [-0.2, -0.15) is 0 Å². The van der Waals surface area contributed by atoms with E-state index < -0.39 is 0 Å². The second-order valence-electron chi connectivity index (χ2n) is 5.08. The first-order chi connectivity index (χ1) is 8.19. The third-order valence-corrected chi connectivity index (χ3v) is 3.33. The highest BCUT2D eigenvalue weighted by molar-refractivity contribution is 5.75. The molecule has 2 unspecified atom stereocenters. The average molecular weight is 242 g/mol. The highest BCUT2D eigenvalue weighted by Gasteiger charge is 2.38. The molecule has 100 valence electrons. The number of hydrogen-bond donors (Lipinski definition) is 0. The van der Waals surface area contributed by atoms with Gasteiger partial charge >= 0.3 is 5.97 Å². The van der Waals surface area contributed by atoms with Gasteiger partial charge < -0.3 is 9.47 Å². The number of unbranched alkanes of at least 4 members (excludes halogenated alkanes) is 3. The third-order valence-electron chi connectivity index (χ3n) is 3.33. The molecule has 1 aliphatic rings. The molecule has 0 aliphatic heterocycles. The molecule has 1 fully saturated rings. The zero-order valence-electron chi connectivity index (χ0n) is 11.4. The largest absolute Gasteiger partial charge is 0.467 e. The SMILES string of the molecule is CCCCCCC(C)OC(C(=O)OC)C1CC1. The van der Waals surface area contributed by atoms with E-state index in [2.05, 4.69) is 13.8 Å². The Hall–Kier alpha value is -0.570. The molecule has 3 nitrogen and oxygen atoms in total. The topological polar surface area (TPSA) is 35.5 Å². The highest BCUT2D eigenvalue weighted by atomic mass is 16.6. The summed E-state index contributed by atoms with van der Waals surface area (Å²) in [7, 11) is 1.44. The third kappa shape index (κ3) is 5.53. The van der Waals surface area contributed by atoms with Crippen LogP contribution in [0.1, 0.15) is 58.8 Å². The van der Waals surface area contributed by atoms with Crippen LogP contribution in [0, 0.1) is 5.92 Å². The van der Waals surface area contributed by atoms with Crippen LogP contribution in [0.25, 0.3) is 0 Å². The Labute approximate surface area is 105 Å². The van der Waals surface area contributed by atoms with Crippen molar-refractivity contribution in [2.24, 2.45) is 5.92 Å². The lowest BCUT2D eigenvalue weighted by molar-refractivity contribution is -0.159. The summed E-state index contributed by atoms with van der Waals surface area (Å²) < 4.78 is 10.6. The summed E-state index contributed by atoms with van der Waals surface area (Å²) in [6.07, 6.45) is 8.07. The fourth-order valence-electron chi connectivity index (χ4n) is 2.05. The van der Waals surface area contributed by atoms with Crippen molar-refractivity contribution in [1.82, 2.24) is 0 Å². The summed E-state index contributed by atoms with van der Waals surface area (Å²) in [5, 5.41) is 0. The number of carbonyl (C=O) groups excluding carboxylic acids is 1. The van der Waals surface area contributed by atoms with Crippen LogP contribution in [0.2, 0.25) is 0 Å². The molecule has 3 heteroatoms. The first-order valence-corrected chi connectivity index (χ1v) is 6.92. The van der Waals surface area contributed by atoms with Crippen molar-refractivity contribution >= 4 is 5.97 Å². The highest BCUT2D eigenvalue weighted by Crippen LogP contribution is 2.35. The van der Waals surface area contributed by atoms with Crippen LogP contribution in [0.15, 0.2) is 0 Å². The van der Waals surface area contributed by atoms with Crippen LogP contribution in [0.4, 0.5) is 0 Å². The van der Waals surface area contributed by atoms with Gasteiger partial charge in [-0.25, -0.2) is 4.79 Å². The van der Waals surface area contributed by atoms with Gasteiger partial charge in [0.05, 0.1) is 13.2 Å². The first-order valence-electron chi connectivity index (χ1n) is 6.92. The van der Waals surface area contributed by atoms with Gasteiger partial charge in [-0.1, -0.05) is 32.6 Å². The molecule has 0 N–H and O–H groups in total. The molecule has 0 spiro atoms. The summed E-state index contributed by atoms with van der Waals surface area (Å²) in [5.41, 5.74) is 0. The fourth-order valence-corrected chi connectivity index (χ4v) is 2.05. The van der Waals surface area contributed by atoms with E-state index in [0.717, 1.165) is 19.3 Å². The summed E-state index contributed by atoms with van der Waals surface area (Å²) in [5.74, 6) is 0.202. The molecule has 1 aliphatic carbocycles. The van der Waals surface area contributed by atoms with E-state index in [1.54, 1.807) is 0 Å². The van der Waals surface area contributed by atoms with Crippen LogP contribution in [-0.2, 0) is 14.3 Å². The number of ether oxygens (including phenoxy) is 2. The molecule has 0 heterocycles. The number of methoxy groups -OCH3 is 1. The first kappa shape index (κ1) is 14.5. The Bertz CT molecular complexity index is 224. The minimum Gasteiger partial charge on any atom is -0.467 e. The molecular formula is C14H26O3. The second kappa shape index (κ2) is 7.70. The Kier molecular flexibility index (Phi) is 6.56. The van der Waals surface area contributed by atoms with Crippen LogP contribution in [-0.4, -0.2) is 25.3 Å². The van der Waals surface area contributed by atoms with Crippen molar-refractivity contribution in [3.8, 4) is 0 Å². The monoisotopic (exact) mass is 242 g/mol. The quantitative estimate of drug-likeness (QED) is 0.459. The molecule has 0 saturated heterocycles. The number of carbonyl (C=O) groups is 1. The lowest BCUT2D eigenvalue weighted by Gasteiger charge is -2.20. The number of hydrogen-bond acceptors (Lipinski definition) is 3. The standard InChI is InChI=1S/C14H26O3/c1-4-5-6-7-8-11(2)17-13(12-9-10-12)14(15)16-3/h11-13H,4-10H2,1-3H3. The summed E-state index contributed by atoms with van der Waals surface area (Å²) in [6.45, 7) is 4.27. The van der Waals surface area contributed by atoms with Gasteiger partial charge in [0.2, 0.25) is 0 Å². The van der Waals surface area contributed by atoms with Gasteiger partial charge in [-0.3, -0.25) is 0 Å². The fraction of sp³-hybridized carbons (Fsp3) is 0.929. The maximum Gasteiger partial charge on any atom is 0.335 e. The van der Waals surface area contributed by atoms with Gasteiger partial charge in [-0.15, -0.1) is 0 Å². The van der Waals surface area contributed by atoms with E-state index in [1.807, 2.05) is 0 Å². The minimum absolute atomic E-state index is 0.163. The van der Waals surface area contributed by atoms with E-state index >= 15 is 0 Å². The van der Waals surface area contributed by atoms with E-state index in [9.17, 15) is 4.79 Å². The molecule has 0 aromatic carbocycles. The van der Waals surface area contributed by atoms with Gasteiger partial charge in [-0.05, 0) is 32.1 Å². The predicted octanol–water partition coefficient (Wildman–Crippen LogP) is 3.31. The molecule has 1 rings (SSSR count). The van der Waals surface area contributed by atoms with E-state index in [4.69, 9.17) is 9.47 Å². The lowest BCUT2D eigenvalue weighted by atomic mass is 10.1. The van der Waals surface area contributed by atoms with Crippen LogP contribution in [0.3, 0.4) is 0 Å². The van der Waals surface area contributed by atoms with E-state index in [1.165, 1.54) is 32.8 Å². The Balaban J connectivity index is 2.21. The molecule has 17 heavy (non-hydrogen) atoms. The maximum atomic E-state index is 11.6. The smallest absolute Gasteiger partial charge is 0.335 e. The molecular weight excluding hydrogens is 216 g/mol. The number of esters is 1. The van der Waals surface area contributed by atoms with Crippen molar-refractivity contribution in [3.63, 3.8) is 0 Å². The molecule has 0 bridgehead atoms. The molecule has 2 atom stereocenters. The Morgan fingerprint density at radius 3 is 2.53 bits per heavy atom. The van der Waals surface area contributed by atoms with Crippen LogP contribution in [0.5, 0.6) is 0 Å². The van der Waals surface area contributed by atoms with Crippen molar-refractivity contribution in [1.29, 1.82) is 0 Å². The summed E-state index contributed by atoms with van der Waals surface area (Å²) in [6, 6.07) is 0.